The van der Waals surface area contributed by atoms with Crippen LogP contribution in [0, 0.1) is 5.92 Å². The molecule has 0 spiro atoms. The van der Waals surface area contributed by atoms with Crippen molar-refractivity contribution in [1.29, 1.82) is 0 Å². The molecule has 1 aromatic heterocycles. The predicted molar refractivity (Wildman–Crippen MR) is 101 cm³/mol. The van der Waals surface area contributed by atoms with E-state index in [1.807, 2.05) is 0 Å². The average Bonchev–Trinajstić information content (AvgIpc) is 3.06. The van der Waals surface area contributed by atoms with E-state index in [0.29, 0.717) is 11.8 Å². The van der Waals surface area contributed by atoms with E-state index in [-0.39, 0.29) is 5.92 Å². The Balaban J connectivity index is 1.37. The fraction of sp³-hybridized carbons (Fsp3) is 0.750. The molecule has 2 aliphatic heterocycles. The molecule has 6 nitrogen and oxygen atoms in total. The van der Waals surface area contributed by atoms with E-state index in [1.165, 1.54) is 11.1 Å². The average molecular weight is 358 g/mol. The molecular formula is C20H31N5O. The van der Waals surface area contributed by atoms with Crippen molar-refractivity contribution in [2.75, 3.05) is 26.7 Å². The summed E-state index contributed by atoms with van der Waals surface area (Å²) in [5.74, 6) is 3.25. The van der Waals surface area contributed by atoms with Crippen molar-refractivity contribution in [2.45, 2.75) is 65.0 Å². The quantitative estimate of drug-likeness (QED) is 0.764. The van der Waals surface area contributed by atoms with Gasteiger partial charge in [0.05, 0.1) is 6.54 Å². The highest BCUT2D eigenvalue weighted by Gasteiger charge is 2.32. The molecule has 4 rings (SSSR count). The number of piperidine rings is 1. The van der Waals surface area contributed by atoms with Gasteiger partial charge in [0.2, 0.25) is 5.91 Å². The molecule has 26 heavy (non-hydrogen) atoms. The third kappa shape index (κ3) is 3.31. The van der Waals surface area contributed by atoms with Crippen molar-refractivity contribution in [1.82, 2.24) is 24.6 Å². The van der Waals surface area contributed by atoms with Gasteiger partial charge in [-0.25, -0.2) is 0 Å². The van der Waals surface area contributed by atoms with Crippen LogP contribution in [0.15, 0.2) is 11.1 Å². The van der Waals surface area contributed by atoms with Gasteiger partial charge in [-0.05, 0) is 53.0 Å². The third-order valence-electron chi connectivity index (χ3n) is 6.64. The van der Waals surface area contributed by atoms with Crippen molar-refractivity contribution in [3.63, 3.8) is 0 Å². The zero-order valence-electron chi connectivity index (χ0n) is 16.4. The lowest BCUT2D eigenvalue weighted by Crippen LogP contribution is -2.42. The summed E-state index contributed by atoms with van der Waals surface area (Å²) < 4.78 is 2.32. The first-order valence-electron chi connectivity index (χ1n) is 10.1. The van der Waals surface area contributed by atoms with Crippen LogP contribution in [0.2, 0.25) is 0 Å². The first kappa shape index (κ1) is 17.7. The Labute approximate surface area is 156 Å². The van der Waals surface area contributed by atoms with Crippen LogP contribution in [0.4, 0.5) is 0 Å². The summed E-state index contributed by atoms with van der Waals surface area (Å²) in [6, 6.07) is 0. The Kier molecular flexibility index (Phi) is 4.86. The second kappa shape index (κ2) is 7.14. The number of nitrogens with zero attached hydrogens (tertiary/aromatic N) is 5. The Morgan fingerprint density at radius 1 is 1.00 bits per heavy atom. The van der Waals surface area contributed by atoms with Crippen molar-refractivity contribution in [3.8, 4) is 0 Å². The molecule has 1 unspecified atom stereocenters. The van der Waals surface area contributed by atoms with Gasteiger partial charge >= 0.3 is 0 Å². The molecule has 1 aliphatic carbocycles. The fourth-order valence-corrected chi connectivity index (χ4v) is 4.68. The van der Waals surface area contributed by atoms with Gasteiger partial charge in [0.15, 0.2) is 0 Å². The monoisotopic (exact) mass is 357 g/mol. The number of amides is 1. The number of rotatable bonds is 2. The molecule has 1 amide bonds. The first-order valence-corrected chi connectivity index (χ1v) is 10.1. The van der Waals surface area contributed by atoms with Gasteiger partial charge in [0, 0.05) is 38.0 Å². The number of likely N-dealkylation sites (tertiary alicyclic amines) is 1. The van der Waals surface area contributed by atoms with Crippen LogP contribution >= 0.6 is 0 Å². The van der Waals surface area contributed by atoms with Crippen molar-refractivity contribution < 1.29 is 4.79 Å². The van der Waals surface area contributed by atoms with Gasteiger partial charge in [-0.3, -0.25) is 9.69 Å². The summed E-state index contributed by atoms with van der Waals surface area (Å²) in [4.78, 5) is 17.3. The van der Waals surface area contributed by atoms with Crippen molar-refractivity contribution in [2.24, 2.45) is 5.92 Å². The number of hydrogen-bond donors (Lipinski definition) is 0. The summed E-state index contributed by atoms with van der Waals surface area (Å²) in [6.45, 7) is 9.06. The minimum atomic E-state index is 0.201. The number of carbonyl (C=O) groups is 1. The summed E-state index contributed by atoms with van der Waals surface area (Å²) in [5.41, 5.74) is 2.90. The normalized spacial score (nSPS) is 25.5. The Bertz CT molecular complexity index is 714. The maximum absolute atomic E-state index is 12.9. The van der Waals surface area contributed by atoms with Crippen LogP contribution in [0.5, 0.6) is 0 Å². The summed E-state index contributed by atoms with van der Waals surface area (Å²) in [7, 11) is 2.13. The van der Waals surface area contributed by atoms with E-state index in [4.69, 9.17) is 0 Å². The Morgan fingerprint density at radius 3 is 2.50 bits per heavy atom. The second-order valence-corrected chi connectivity index (χ2v) is 8.46. The number of hydrogen-bond acceptors (Lipinski definition) is 4. The van der Waals surface area contributed by atoms with Gasteiger partial charge in [0.25, 0.3) is 0 Å². The zero-order chi connectivity index (χ0) is 18.3. The molecule has 0 radical (unpaired) electrons. The zero-order valence-corrected chi connectivity index (χ0v) is 16.4. The number of carbonyl (C=O) groups excluding carboxylic acids is 1. The van der Waals surface area contributed by atoms with E-state index < -0.39 is 0 Å². The van der Waals surface area contributed by atoms with Crippen molar-refractivity contribution in [3.05, 3.63) is 22.8 Å². The highest BCUT2D eigenvalue weighted by molar-refractivity contribution is 5.79. The molecular weight excluding hydrogens is 326 g/mol. The van der Waals surface area contributed by atoms with Gasteiger partial charge in [0.1, 0.15) is 11.6 Å². The Morgan fingerprint density at radius 2 is 1.77 bits per heavy atom. The molecule has 1 aromatic rings. The number of aromatic nitrogens is 3. The Hall–Kier alpha value is -1.69. The van der Waals surface area contributed by atoms with E-state index in [2.05, 4.69) is 45.5 Å². The largest absolute Gasteiger partial charge is 0.342 e. The maximum atomic E-state index is 12.9. The van der Waals surface area contributed by atoms with Gasteiger partial charge in [-0.2, -0.15) is 0 Å². The number of allylic oxidation sites excluding steroid dienone is 2. The molecule has 0 N–H and O–H groups in total. The lowest BCUT2D eigenvalue weighted by atomic mass is 9.83. The maximum Gasteiger partial charge on any atom is 0.226 e. The molecule has 6 heteroatoms. The molecule has 142 valence electrons. The topological polar surface area (TPSA) is 54.3 Å². The number of likely N-dealkylation sites (N-methyl/N-ethyl adjacent to an activating group) is 1. The van der Waals surface area contributed by atoms with Crippen LogP contribution < -0.4 is 0 Å². The van der Waals surface area contributed by atoms with Gasteiger partial charge in [-0.1, -0.05) is 11.1 Å². The van der Waals surface area contributed by atoms with Crippen LogP contribution in [-0.2, 0) is 17.9 Å². The van der Waals surface area contributed by atoms with Gasteiger partial charge < -0.3 is 9.47 Å². The van der Waals surface area contributed by atoms with E-state index in [1.54, 1.807) is 0 Å². The summed E-state index contributed by atoms with van der Waals surface area (Å²) >= 11 is 0. The molecule has 0 bridgehead atoms. The van der Waals surface area contributed by atoms with Crippen LogP contribution in [0.25, 0.3) is 0 Å². The molecule has 1 saturated heterocycles. The minimum absolute atomic E-state index is 0.201. The van der Waals surface area contributed by atoms with Crippen LogP contribution in [0.3, 0.4) is 0 Å². The van der Waals surface area contributed by atoms with E-state index >= 15 is 0 Å². The molecule has 0 saturated carbocycles. The van der Waals surface area contributed by atoms with E-state index in [9.17, 15) is 4.79 Å². The molecule has 3 aliphatic rings. The highest BCUT2D eigenvalue weighted by Crippen LogP contribution is 2.33. The SMILES string of the molecule is CC1=C(C)CC(C(=O)N2CCC(c3nnc4n3CCN(C)C4)CC2)CC1. The first-order chi connectivity index (χ1) is 12.5. The lowest BCUT2D eigenvalue weighted by molar-refractivity contribution is -0.137. The van der Waals surface area contributed by atoms with Crippen LogP contribution in [-0.4, -0.2) is 57.2 Å². The second-order valence-electron chi connectivity index (χ2n) is 8.46. The summed E-state index contributed by atoms with van der Waals surface area (Å²) in [5, 5.41) is 8.92. The molecule has 1 fully saturated rings. The van der Waals surface area contributed by atoms with Crippen molar-refractivity contribution >= 4 is 5.91 Å². The fourth-order valence-electron chi connectivity index (χ4n) is 4.68. The number of fused-ring (bicyclic) bond motifs is 1. The van der Waals surface area contributed by atoms with Crippen LogP contribution in [0.1, 0.15) is 63.5 Å². The molecule has 0 aromatic carbocycles. The predicted octanol–water partition coefficient (Wildman–Crippen LogP) is 2.57. The lowest BCUT2D eigenvalue weighted by Gasteiger charge is -2.35. The summed E-state index contributed by atoms with van der Waals surface area (Å²) in [6.07, 6.45) is 5.09. The smallest absolute Gasteiger partial charge is 0.226 e. The molecule has 1 atom stereocenters. The third-order valence-corrected chi connectivity index (χ3v) is 6.64. The standard InChI is InChI=1S/C20H31N5O/c1-14-4-5-17(12-15(14)2)20(26)24-8-6-16(7-9-24)19-22-21-18-13-23(3)10-11-25(18)19/h16-17H,4-13H2,1-3H3. The highest BCUT2D eigenvalue weighted by atomic mass is 16.2. The van der Waals surface area contributed by atoms with Gasteiger partial charge in [-0.15, -0.1) is 10.2 Å². The molecule has 3 heterocycles. The minimum Gasteiger partial charge on any atom is -0.342 e. The van der Waals surface area contributed by atoms with E-state index in [0.717, 1.165) is 76.5 Å².